The monoisotopic (exact) mass is 359 g/mol. The second-order valence-corrected chi connectivity index (χ2v) is 8.25. The maximum atomic E-state index is 6.65. The van der Waals surface area contributed by atoms with E-state index in [1.54, 1.807) is 0 Å². The van der Waals surface area contributed by atoms with Gasteiger partial charge in [-0.3, -0.25) is 4.84 Å². The van der Waals surface area contributed by atoms with Crippen LogP contribution in [0.25, 0.3) is 11.0 Å². The molecule has 2 bridgehead atoms. The number of hydrogen-bond donors (Lipinski definition) is 0. The number of rotatable bonds is 2. The first-order chi connectivity index (χ1) is 13.4. The lowest BCUT2D eigenvalue weighted by atomic mass is 9.83. The van der Waals surface area contributed by atoms with Crippen LogP contribution in [0.5, 0.6) is 0 Å². The summed E-state index contributed by atoms with van der Waals surface area (Å²) in [6.45, 7) is 0.884. The molecular formula is C23H25N3O. The van der Waals surface area contributed by atoms with Crippen LogP contribution in [0.3, 0.4) is 0 Å². The van der Waals surface area contributed by atoms with Crippen LogP contribution < -0.4 is 0 Å². The molecule has 3 aliphatic rings. The van der Waals surface area contributed by atoms with E-state index in [0.717, 1.165) is 12.1 Å². The largest absolute Gasteiger partial charge is 0.324 e. The van der Waals surface area contributed by atoms with Gasteiger partial charge in [0.1, 0.15) is 18.0 Å². The fourth-order valence-corrected chi connectivity index (χ4v) is 5.48. The van der Waals surface area contributed by atoms with Gasteiger partial charge in [-0.15, -0.1) is 0 Å². The van der Waals surface area contributed by atoms with Gasteiger partial charge >= 0.3 is 0 Å². The van der Waals surface area contributed by atoms with E-state index < -0.39 is 0 Å². The topological polar surface area (TPSA) is 30.3 Å². The van der Waals surface area contributed by atoms with Gasteiger partial charge in [-0.25, -0.2) is 4.98 Å². The molecule has 1 saturated carbocycles. The van der Waals surface area contributed by atoms with E-state index >= 15 is 0 Å². The summed E-state index contributed by atoms with van der Waals surface area (Å²) in [5, 5.41) is 2.35. The Morgan fingerprint density at radius 2 is 1.67 bits per heavy atom. The molecule has 2 aromatic carbocycles. The third-order valence-electron chi connectivity index (χ3n) is 6.70. The Bertz CT molecular complexity index is 960. The van der Waals surface area contributed by atoms with Gasteiger partial charge in [0.25, 0.3) is 0 Å². The average molecular weight is 359 g/mol. The van der Waals surface area contributed by atoms with Crippen LogP contribution in [0.2, 0.25) is 0 Å². The third kappa shape index (κ3) is 2.40. The van der Waals surface area contributed by atoms with Crippen LogP contribution in [0.4, 0.5) is 0 Å². The fraction of sp³-hybridized carbons (Fsp3) is 0.435. The van der Waals surface area contributed by atoms with E-state index in [1.807, 2.05) is 0 Å². The Morgan fingerprint density at radius 1 is 0.889 bits per heavy atom. The molecule has 3 atom stereocenters. The molecular weight excluding hydrogens is 334 g/mol. The minimum absolute atomic E-state index is 0.185. The highest BCUT2D eigenvalue weighted by Gasteiger charge is 2.52. The molecule has 4 heteroatoms. The molecule has 3 aromatic rings. The lowest BCUT2D eigenvalue weighted by Gasteiger charge is -2.34. The molecule has 1 aromatic heterocycles. The highest BCUT2D eigenvalue weighted by Crippen LogP contribution is 2.51. The van der Waals surface area contributed by atoms with Crippen molar-refractivity contribution < 1.29 is 4.84 Å². The summed E-state index contributed by atoms with van der Waals surface area (Å²) in [6.07, 6.45) is 6.65. The van der Waals surface area contributed by atoms with Crippen molar-refractivity contribution >= 4 is 11.0 Å². The van der Waals surface area contributed by atoms with Crippen molar-refractivity contribution in [1.82, 2.24) is 14.6 Å². The van der Waals surface area contributed by atoms with E-state index in [-0.39, 0.29) is 12.1 Å². The average Bonchev–Trinajstić information content (AvgIpc) is 3.25. The SMILES string of the molecule is c1ccc([C@@H]2[C@H]3Cn4c(nc5ccccc54)[C@@H]2N(C2CCCCC2)O3)cc1. The first-order valence-electron chi connectivity index (χ1n) is 10.4. The number of nitrogens with zero attached hydrogens (tertiary/aromatic N) is 3. The zero-order chi connectivity index (χ0) is 17.8. The second-order valence-electron chi connectivity index (χ2n) is 8.25. The summed E-state index contributed by atoms with van der Waals surface area (Å²) in [4.78, 5) is 11.7. The molecule has 2 aliphatic heterocycles. The van der Waals surface area contributed by atoms with Crippen LogP contribution in [0, 0.1) is 0 Å². The second kappa shape index (κ2) is 6.18. The lowest BCUT2D eigenvalue weighted by Crippen LogP contribution is -2.37. The molecule has 1 aliphatic carbocycles. The van der Waals surface area contributed by atoms with Gasteiger partial charge in [0, 0.05) is 12.0 Å². The van der Waals surface area contributed by atoms with Gasteiger partial charge in [-0.2, -0.15) is 5.06 Å². The predicted molar refractivity (Wildman–Crippen MR) is 105 cm³/mol. The van der Waals surface area contributed by atoms with Gasteiger partial charge in [0.05, 0.1) is 17.6 Å². The first kappa shape index (κ1) is 15.8. The van der Waals surface area contributed by atoms with Crippen molar-refractivity contribution in [1.29, 1.82) is 0 Å². The number of imidazole rings is 1. The molecule has 27 heavy (non-hydrogen) atoms. The fourth-order valence-electron chi connectivity index (χ4n) is 5.48. The maximum absolute atomic E-state index is 6.65. The number of benzene rings is 2. The third-order valence-corrected chi connectivity index (χ3v) is 6.70. The molecule has 0 spiro atoms. The van der Waals surface area contributed by atoms with Gasteiger partial charge in [0.15, 0.2) is 0 Å². The standard InChI is InChI=1S/C23H25N3O/c1-3-9-16(10-4-1)21-20-15-25-19-14-8-7-13-18(19)24-23(25)22(21)26(27-20)17-11-5-2-6-12-17/h1,3-4,7-10,13-14,17,20-22H,2,5-6,11-12,15H2/t20-,21-,22-/m1/s1. The molecule has 0 unspecified atom stereocenters. The van der Waals surface area contributed by atoms with Crippen LogP contribution in [0.15, 0.2) is 54.6 Å². The number of hydroxylamine groups is 2. The molecule has 4 nitrogen and oxygen atoms in total. The van der Waals surface area contributed by atoms with Crippen LogP contribution in [-0.2, 0) is 11.4 Å². The van der Waals surface area contributed by atoms with Gasteiger partial charge in [0.2, 0.25) is 0 Å². The Labute approximate surface area is 159 Å². The van der Waals surface area contributed by atoms with E-state index in [0.29, 0.717) is 12.0 Å². The smallest absolute Gasteiger partial charge is 0.130 e. The van der Waals surface area contributed by atoms with Crippen LogP contribution >= 0.6 is 0 Å². The van der Waals surface area contributed by atoms with Crippen molar-refractivity contribution in [2.75, 3.05) is 0 Å². The molecule has 0 radical (unpaired) electrons. The summed E-state index contributed by atoms with van der Waals surface area (Å²) in [7, 11) is 0. The normalized spacial score (nSPS) is 28.5. The predicted octanol–water partition coefficient (Wildman–Crippen LogP) is 4.82. The highest BCUT2D eigenvalue weighted by molar-refractivity contribution is 5.76. The summed E-state index contributed by atoms with van der Waals surface area (Å²) < 4.78 is 2.41. The maximum Gasteiger partial charge on any atom is 0.130 e. The summed E-state index contributed by atoms with van der Waals surface area (Å²) in [5.41, 5.74) is 3.72. The van der Waals surface area contributed by atoms with Crippen molar-refractivity contribution in [3.05, 3.63) is 66.0 Å². The number of aromatic nitrogens is 2. The Balaban J connectivity index is 1.50. The summed E-state index contributed by atoms with van der Waals surface area (Å²) in [5.74, 6) is 1.54. The Hall–Kier alpha value is -2.17. The molecule has 2 fully saturated rings. The molecule has 0 N–H and O–H groups in total. The van der Waals surface area contributed by atoms with Crippen LogP contribution in [0.1, 0.15) is 55.5 Å². The number of para-hydroxylation sites is 2. The quantitative estimate of drug-likeness (QED) is 0.657. The molecule has 1 saturated heterocycles. The van der Waals surface area contributed by atoms with Gasteiger partial charge < -0.3 is 4.57 Å². The number of fused-ring (bicyclic) bond motifs is 6. The molecule has 3 heterocycles. The summed E-state index contributed by atoms with van der Waals surface area (Å²) >= 11 is 0. The Morgan fingerprint density at radius 3 is 2.52 bits per heavy atom. The molecule has 6 rings (SSSR count). The zero-order valence-corrected chi connectivity index (χ0v) is 15.5. The van der Waals surface area contributed by atoms with E-state index in [4.69, 9.17) is 9.82 Å². The van der Waals surface area contributed by atoms with E-state index in [9.17, 15) is 0 Å². The van der Waals surface area contributed by atoms with Crippen molar-refractivity contribution in [2.24, 2.45) is 0 Å². The van der Waals surface area contributed by atoms with Crippen molar-refractivity contribution in [2.45, 2.75) is 62.8 Å². The van der Waals surface area contributed by atoms with Crippen molar-refractivity contribution in [3.8, 4) is 0 Å². The zero-order valence-electron chi connectivity index (χ0n) is 15.5. The minimum atomic E-state index is 0.185. The van der Waals surface area contributed by atoms with Crippen molar-refractivity contribution in [3.63, 3.8) is 0 Å². The lowest BCUT2D eigenvalue weighted by molar-refractivity contribution is -0.193. The molecule has 138 valence electrons. The highest BCUT2D eigenvalue weighted by atomic mass is 16.7. The summed E-state index contributed by atoms with van der Waals surface area (Å²) in [6, 6.07) is 20.2. The molecule has 0 amide bonds. The van der Waals surface area contributed by atoms with E-state index in [1.165, 1.54) is 49.0 Å². The Kier molecular flexibility index (Phi) is 3.63. The van der Waals surface area contributed by atoms with Gasteiger partial charge in [-0.1, -0.05) is 61.7 Å². The first-order valence-corrected chi connectivity index (χ1v) is 10.4. The van der Waals surface area contributed by atoms with Crippen LogP contribution in [-0.4, -0.2) is 26.8 Å². The van der Waals surface area contributed by atoms with E-state index in [2.05, 4.69) is 64.2 Å². The van der Waals surface area contributed by atoms with Gasteiger partial charge in [-0.05, 0) is 30.5 Å². The number of hydrogen-bond acceptors (Lipinski definition) is 3. The minimum Gasteiger partial charge on any atom is -0.324 e.